The van der Waals surface area contributed by atoms with Gasteiger partial charge >= 0.3 is 0 Å². The molecular formula is C11H16N2O. The van der Waals surface area contributed by atoms with E-state index in [4.69, 9.17) is 0 Å². The molecule has 0 aromatic carbocycles. The van der Waals surface area contributed by atoms with Crippen molar-refractivity contribution in [3.8, 4) is 0 Å². The van der Waals surface area contributed by atoms with Crippen molar-refractivity contribution in [1.82, 2.24) is 9.78 Å². The molecule has 1 heterocycles. The van der Waals surface area contributed by atoms with Crippen molar-refractivity contribution in [3.63, 3.8) is 0 Å². The summed E-state index contributed by atoms with van der Waals surface area (Å²) in [6.07, 6.45) is 10.8. The molecule has 1 aromatic rings. The number of hydrogen-bond acceptors (Lipinski definition) is 2. The first-order valence-electron chi connectivity index (χ1n) is 5.09. The standard InChI is InChI=1S/C11H16N2O/c1-13-8-10(7-12-13)11(14)9-5-3-2-4-6-9/h2-3,7-9,11,14H,4-6H2,1H3. The van der Waals surface area contributed by atoms with Crippen molar-refractivity contribution in [3.05, 3.63) is 30.1 Å². The largest absolute Gasteiger partial charge is 0.388 e. The quantitative estimate of drug-likeness (QED) is 0.726. The van der Waals surface area contributed by atoms with Gasteiger partial charge in [-0.1, -0.05) is 12.2 Å². The van der Waals surface area contributed by atoms with Gasteiger partial charge in [0.05, 0.1) is 12.3 Å². The van der Waals surface area contributed by atoms with Gasteiger partial charge in [-0.2, -0.15) is 5.10 Å². The molecule has 0 spiro atoms. The number of hydrogen-bond donors (Lipinski definition) is 1. The Balaban J connectivity index is 2.07. The second-order valence-corrected chi connectivity index (χ2v) is 3.94. The normalized spacial score (nSPS) is 23.7. The molecule has 3 nitrogen and oxygen atoms in total. The first-order valence-corrected chi connectivity index (χ1v) is 5.09. The molecule has 1 aliphatic rings. The lowest BCUT2D eigenvalue weighted by Crippen LogP contribution is -2.13. The Morgan fingerprint density at radius 3 is 3.00 bits per heavy atom. The van der Waals surface area contributed by atoms with Crippen LogP contribution in [0.15, 0.2) is 24.5 Å². The second kappa shape index (κ2) is 3.96. The molecule has 14 heavy (non-hydrogen) atoms. The smallest absolute Gasteiger partial charge is 0.0851 e. The van der Waals surface area contributed by atoms with Gasteiger partial charge in [0.1, 0.15) is 0 Å². The number of aliphatic hydroxyl groups excluding tert-OH is 1. The fourth-order valence-electron chi connectivity index (χ4n) is 1.97. The maximum absolute atomic E-state index is 10.1. The predicted octanol–water partition coefficient (Wildman–Crippen LogP) is 1.81. The maximum atomic E-state index is 10.1. The highest BCUT2D eigenvalue weighted by Gasteiger charge is 2.21. The molecule has 1 aromatic heterocycles. The van der Waals surface area contributed by atoms with Gasteiger partial charge in [0.25, 0.3) is 0 Å². The van der Waals surface area contributed by atoms with Crippen LogP contribution < -0.4 is 0 Å². The van der Waals surface area contributed by atoms with E-state index in [9.17, 15) is 5.11 Å². The molecule has 76 valence electrons. The Bertz CT molecular complexity index is 330. The van der Waals surface area contributed by atoms with Gasteiger partial charge in [-0.05, 0) is 25.2 Å². The van der Waals surface area contributed by atoms with Gasteiger partial charge in [0, 0.05) is 18.8 Å². The number of aromatic nitrogens is 2. The Morgan fingerprint density at radius 1 is 1.57 bits per heavy atom. The molecule has 0 amide bonds. The van der Waals surface area contributed by atoms with Crippen LogP contribution in [-0.4, -0.2) is 14.9 Å². The van der Waals surface area contributed by atoms with Crippen LogP contribution in [0.4, 0.5) is 0 Å². The van der Waals surface area contributed by atoms with Crippen LogP contribution in [0.1, 0.15) is 30.9 Å². The molecule has 0 radical (unpaired) electrons. The summed E-state index contributed by atoms with van der Waals surface area (Å²) in [6, 6.07) is 0. The van der Waals surface area contributed by atoms with E-state index < -0.39 is 0 Å². The van der Waals surface area contributed by atoms with Crippen LogP contribution >= 0.6 is 0 Å². The molecule has 0 saturated heterocycles. The van der Waals surface area contributed by atoms with E-state index >= 15 is 0 Å². The molecular weight excluding hydrogens is 176 g/mol. The summed E-state index contributed by atoms with van der Waals surface area (Å²) in [7, 11) is 1.87. The van der Waals surface area contributed by atoms with Crippen molar-refractivity contribution in [2.75, 3.05) is 0 Å². The number of aryl methyl sites for hydroxylation is 1. The van der Waals surface area contributed by atoms with E-state index in [2.05, 4.69) is 17.3 Å². The Kier molecular flexibility index (Phi) is 2.68. The molecule has 2 rings (SSSR count). The van der Waals surface area contributed by atoms with E-state index in [1.807, 2.05) is 13.2 Å². The molecule has 1 N–H and O–H groups in total. The van der Waals surface area contributed by atoms with Crippen molar-refractivity contribution in [1.29, 1.82) is 0 Å². The maximum Gasteiger partial charge on any atom is 0.0851 e. The third-order valence-electron chi connectivity index (χ3n) is 2.82. The van der Waals surface area contributed by atoms with Crippen LogP contribution in [0.3, 0.4) is 0 Å². The number of rotatable bonds is 2. The van der Waals surface area contributed by atoms with Crippen molar-refractivity contribution in [2.24, 2.45) is 13.0 Å². The number of aliphatic hydroxyl groups is 1. The summed E-state index contributed by atoms with van der Waals surface area (Å²) in [5.41, 5.74) is 0.938. The zero-order valence-electron chi connectivity index (χ0n) is 8.43. The zero-order valence-corrected chi connectivity index (χ0v) is 8.43. The molecule has 0 aliphatic heterocycles. The molecule has 0 fully saturated rings. The fourth-order valence-corrected chi connectivity index (χ4v) is 1.97. The van der Waals surface area contributed by atoms with Crippen LogP contribution in [0.2, 0.25) is 0 Å². The highest BCUT2D eigenvalue weighted by Crippen LogP contribution is 2.30. The average molecular weight is 192 g/mol. The minimum atomic E-state index is -0.353. The summed E-state index contributed by atoms with van der Waals surface area (Å²) in [5, 5.41) is 14.1. The van der Waals surface area contributed by atoms with Gasteiger partial charge in [0.15, 0.2) is 0 Å². The Morgan fingerprint density at radius 2 is 2.43 bits per heavy atom. The number of allylic oxidation sites excluding steroid dienone is 2. The topological polar surface area (TPSA) is 38.0 Å². The SMILES string of the molecule is Cn1cc(C(O)C2CC=CCC2)cn1. The van der Waals surface area contributed by atoms with Crippen LogP contribution in [0.25, 0.3) is 0 Å². The Labute approximate surface area is 84.1 Å². The van der Waals surface area contributed by atoms with Crippen molar-refractivity contribution in [2.45, 2.75) is 25.4 Å². The van der Waals surface area contributed by atoms with Gasteiger partial charge in [-0.3, -0.25) is 4.68 Å². The van der Waals surface area contributed by atoms with E-state index in [0.29, 0.717) is 5.92 Å². The molecule has 1 aliphatic carbocycles. The molecule has 3 heteroatoms. The summed E-state index contributed by atoms with van der Waals surface area (Å²) >= 11 is 0. The first kappa shape index (κ1) is 9.46. The van der Waals surface area contributed by atoms with Gasteiger partial charge in [-0.25, -0.2) is 0 Å². The van der Waals surface area contributed by atoms with Crippen LogP contribution in [-0.2, 0) is 7.05 Å². The summed E-state index contributed by atoms with van der Waals surface area (Å²) in [5.74, 6) is 0.365. The second-order valence-electron chi connectivity index (χ2n) is 3.94. The Hall–Kier alpha value is -1.09. The summed E-state index contributed by atoms with van der Waals surface area (Å²) < 4.78 is 1.73. The number of nitrogens with zero attached hydrogens (tertiary/aromatic N) is 2. The monoisotopic (exact) mass is 192 g/mol. The van der Waals surface area contributed by atoms with E-state index in [1.54, 1.807) is 10.9 Å². The molecule has 2 unspecified atom stereocenters. The molecule has 0 bridgehead atoms. The third kappa shape index (κ3) is 1.87. The minimum Gasteiger partial charge on any atom is -0.388 e. The van der Waals surface area contributed by atoms with E-state index in [0.717, 1.165) is 24.8 Å². The highest BCUT2D eigenvalue weighted by atomic mass is 16.3. The fraction of sp³-hybridized carbons (Fsp3) is 0.545. The summed E-state index contributed by atoms with van der Waals surface area (Å²) in [4.78, 5) is 0. The molecule has 2 atom stereocenters. The lowest BCUT2D eigenvalue weighted by Gasteiger charge is -2.22. The lowest BCUT2D eigenvalue weighted by atomic mass is 9.87. The van der Waals surface area contributed by atoms with Crippen LogP contribution in [0, 0.1) is 5.92 Å². The minimum absolute atomic E-state index is 0.353. The lowest BCUT2D eigenvalue weighted by molar-refractivity contribution is 0.102. The van der Waals surface area contributed by atoms with E-state index in [1.165, 1.54) is 0 Å². The highest BCUT2D eigenvalue weighted by molar-refractivity contribution is 5.10. The van der Waals surface area contributed by atoms with Gasteiger partial charge < -0.3 is 5.11 Å². The third-order valence-corrected chi connectivity index (χ3v) is 2.82. The molecule has 0 saturated carbocycles. The van der Waals surface area contributed by atoms with Crippen molar-refractivity contribution >= 4 is 0 Å². The first-order chi connectivity index (χ1) is 6.77. The van der Waals surface area contributed by atoms with Gasteiger partial charge in [-0.15, -0.1) is 0 Å². The average Bonchev–Trinajstić information content (AvgIpc) is 2.65. The summed E-state index contributed by atoms with van der Waals surface area (Å²) in [6.45, 7) is 0. The predicted molar refractivity (Wildman–Crippen MR) is 54.6 cm³/mol. The zero-order chi connectivity index (χ0) is 9.97. The van der Waals surface area contributed by atoms with Crippen molar-refractivity contribution < 1.29 is 5.11 Å². The van der Waals surface area contributed by atoms with Crippen LogP contribution in [0.5, 0.6) is 0 Å². The van der Waals surface area contributed by atoms with E-state index in [-0.39, 0.29) is 6.10 Å². The van der Waals surface area contributed by atoms with Gasteiger partial charge in [0.2, 0.25) is 0 Å².